The van der Waals surface area contributed by atoms with E-state index < -0.39 is 12.0 Å². The molecule has 25 heavy (non-hydrogen) atoms. The summed E-state index contributed by atoms with van der Waals surface area (Å²) < 4.78 is 0. The molecule has 0 unspecified atom stereocenters. The van der Waals surface area contributed by atoms with Gasteiger partial charge in [-0.05, 0) is 33.6 Å². The molecule has 10 heteroatoms. The van der Waals surface area contributed by atoms with Crippen LogP contribution >= 0.6 is 12.4 Å². The third-order valence-electron chi connectivity index (χ3n) is 2.52. The molecule has 7 N–H and O–H groups in total. The highest BCUT2D eigenvalue weighted by molar-refractivity contribution is 5.85. The van der Waals surface area contributed by atoms with Crippen LogP contribution in [0.2, 0.25) is 0 Å². The number of halogens is 1. The Bertz CT molecular complexity index is 418. The first kappa shape index (κ1) is 28.1. The summed E-state index contributed by atoms with van der Waals surface area (Å²) in [5.41, 5.74) is 15.3. The summed E-state index contributed by atoms with van der Waals surface area (Å²) in [4.78, 5) is 22.5. The predicted molar refractivity (Wildman–Crippen MR) is 107 cm³/mol. The minimum Gasteiger partial charge on any atom is -0.480 e. The third kappa shape index (κ3) is 18.4. The molecule has 0 bridgehead atoms. The normalized spacial score (nSPS) is 11.0. The number of nitrogens with two attached hydrogens (primary N) is 3. The molecule has 0 rings (SSSR count). The lowest BCUT2D eigenvalue weighted by Gasteiger charge is -2.26. The Labute approximate surface area is 157 Å². The third-order valence-corrected chi connectivity index (χ3v) is 2.52. The summed E-state index contributed by atoms with van der Waals surface area (Å²) in [7, 11) is 8.02. The summed E-state index contributed by atoms with van der Waals surface area (Å²) in [6.07, 6.45) is 0.956. The maximum Gasteiger partial charge on any atom is 0.320 e. The molecule has 0 aliphatic rings. The van der Waals surface area contributed by atoms with Crippen LogP contribution in [0, 0.1) is 0 Å². The zero-order valence-corrected chi connectivity index (χ0v) is 17.3. The molecule has 9 nitrogen and oxygen atoms in total. The molecule has 0 fully saturated rings. The predicted octanol–water partition coefficient (Wildman–Crippen LogP) is 0.138. The van der Waals surface area contributed by atoms with Crippen LogP contribution in [0.15, 0.2) is 9.98 Å². The van der Waals surface area contributed by atoms with Crippen LogP contribution < -0.4 is 17.2 Å². The van der Waals surface area contributed by atoms with E-state index in [1.807, 2.05) is 38.0 Å². The minimum absolute atomic E-state index is 0. The molecule has 0 aromatic rings. The number of hydrogen-bond donors (Lipinski definition) is 4. The van der Waals surface area contributed by atoms with Crippen molar-refractivity contribution in [3.05, 3.63) is 0 Å². The Hall–Kier alpha value is -1.74. The maximum atomic E-state index is 10.2. The van der Waals surface area contributed by atoms with Crippen molar-refractivity contribution in [2.24, 2.45) is 27.2 Å². The zero-order valence-electron chi connectivity index (χ0n) is 16.5. The molecule has 0 heterocycles. The van der Waals surface area contributed by atoms with Crippen molar-refractivity contribution < 1.29 is 9.90 Å². The Balaban J connectivity index is -0.000000372. The summed E-state index contributed by atoms with van der Waals surface area (Å²) >= 11 is 0. The molecule has 0 amide bonds. The smallest absolute Gasteiger partial charge is 0.320 e. The Morgan fingerprint density at radius 2 is 1.56 bits per heavy atom. The molecule has 0 saturated heterocycles. The van der Waals surface area contributed by atoms with Gasteiger partial charge >= 0.3 is 5.97 Å². The number of nitrogens with zero attached hydrogens (tertiary/aromatic N) is 4. The van der Waals surface area contributed by atoms with Crippen molar-refractivity contribution in [3.8, 4) is 0 Å². The van der Waals surface area contributed by atoms with Crippen LogP contribution in [-0.4, -0.2) is 79.1 Å². The van der Waals surface area contributed by atoms with E-state index in [-0.39, 0.29) is 23.9 Å². The Morgan fingerprint density at radius 3 is 1.80 bits per heavy atom. The number of carbonyl (C=O) groups is 1. The summed E-state index contributed by atoms with van der Waals surface area (Å²) in [6, 6.07) is -0.820. The number of carboxylic acid groups (broad SMARTS) is 1. The van der Waals surface area contributed by atoms with Gasteiger partial charge in [-0.15, -0.1) is 12.4 Å². The zero-order chi connectivity index (χ0) is 19.5. The highest BCUT2D eigenvalue weighted by Gasteiger charge is 2.12. The van der Waals surface area contributed by atoms with Gasteiger partial charge in [-0.1, -0.05) is 0 Å². The fourth-order valence-corrected chi connectivity index (χ4v) is 1.54. The molecule has 0 radical (unpaired) electrons. The van der Waals surface area contributed by atoms with E-state index in [0.717, 1.165) is 5.96 Å². The number of aliphatic imine (C=N–C) groups is 2. The van der Waals surface area contributed by atoms with E-state index in [1.54, 1.807) is 0 Å². The van der Waals surface area contributed by atoms with Gasteiger partial charge in [0.05, 0.1) is 5.54 Å². The largest absolute Gasteiger partial charge is 0.480 e. The van der Waals surface area contributed by atoms with Crippen molar-refractivity contribution in [2.45, 2.75) is 45.2 Å². The highest BCUT2D eigenvalue weighted by atomic mass is 35.5. The fourth-order valence-electron chi connectivity index (χ4n) is 1.54. The lowest BCUT2D eigenvalue weighted by molar-refractivity contribution is -0.138. The quantitative estimate of drug-likeness (QED) is 0.301. The van der Waals surface area contributed by atoms with Crippen molar-refractivity contribution in [2.75, 3.05) is 34.7 Å². The van der Waals surface area contributed by atoms with E-state index in [2.05, 4.69) is 30.8 Å². The first-order valence-electron chi connectivity index (χ1n) is 7.76. The highest BCUT2D eigenvalue weighted by Crippen LogP contribution is 2.08. The Morgan fingerprint density at radius 1 is 1.12 bits per heavy atom. The van der Waals surface area contributed by atoms with Crippen LogP contribution in [0.1, 0.15) is 33.6 Å². The summed E-state index contributed by atoms with van der Waals surface area (Å²) in [5.74, 6) is 0.0149. The molecule has 1 atom stereocenters. The van der Waals surface area contributed by atoms with Crippen molar-refractivity contribution in [1.29, 1.82) is 0 Å². The van der Waals surface area contributed by atoms with Gasteiger partial charge in [0.15, 0.2) is 11.9 Å². The fraction of sp³-hybridized carbons (Fsp3) is 0.800. The number of rotatable bonds is 5. The van der Waals surface area contributed by atoms with Crippen LogP contribution in [0.3, 0.4) is 0 Å². The van der Waals surface area contributed by atoms with E-state index in [1.165, 1.54) is 0 Å². The first-order chi connectivity index (χ1) is 10.8. The Kier molecular flexibility index (Phi) is 15.2. The van der Waals surface area contributed by atoms with Crippen LogP contribution in [-0.2, 0) is 4.79 Å². The van der Waals surface area contributed by atoms with Gasteiger partial charge in [0.25, 0.3) is 0 Å². The van der Waals surface area contributed by atoms with E-state index in [9.17, 15) is 4.79 Å². The average molecular weight is 382 g/mol. The minimum atomic E-state index is -1.00. The van der Waals surface area contributed by atoms with Crippen LogP contribution in [0.25, 0.3) is 0 Å². The molecular weight excluding hydrogens is 346 g/mol. The van der Waals surface area contributed by atoms with Gasteiger partial charge in [-0.25, -0.2) is 4.99 Å². The number of aliphatic carboxylic acids is 1. The van der Waals surface area contributed by atoms with Crippen LogP contribution in [0.4, 0.5) is 0 Å². The SMILES string of the molecule is CN(C)C(=NC(C)(C)C)N(C)C.Cl.NC(N)=NCCC[C@H](N)C(=O)O. The van der Waals surface area contributed by atoms with Crippen molar-refractivity contribution in [3.63, 3.8) is 0 Å². The van der Waals surface area contributed by atoms with Gasteiger partial charge < -0.3 is 32.1 Å². The number of guanidine groups is 2. The lowest BCUT2D eigenvalue weighted by Crippen LogP contribution is -2.37. The van der Waals surface area contributed by atoms with E-state index in [4.69, 9.17) is 22.3 Å². The van der Waals surface area contributed by atoms with Crippen molar-refractivity contribution in [1.82, 2.24) is 9.80 Å². The topological polar surface area (TPSA) is 147 Å². The lowest BCUT2D eigenvalue weighted by atomic mass is 10.1. The van der Waals surface area contributed by atoms with E-state index in [0.29, 0.717) is 19.4 Å². The second-order valence-corrected chi connectivity index (χ2v) is 6.77. The van der Waals surface area contributed by atoms with Gasteiger partial charge in [-0.3, -0.25) is 9.79 Å². The molecule has 0 aromatic heterocycles. The van der Waals surface area contributed by atoms with Gasteiger partial charge in [-0.2, -0.15) is 0 Å². The van der Waals surface area contributed by atoms with E-state index >= 15 is 0 Å². The molecule has 0 spiro atoms. The second-order valence-electron chi connectivity index (χ2n) is 6.77. The number of carboxylic acids is 1. The molecule has 0 aliphatic carbocycles. The summed E-state index contributed by atoms with van der Waals surface area (Å²) in [5, 5.41) is 8.38. The second kappa shape index (κ2) is 13.5. The maximum absolute atomic E-state index is 10.2. The van der Waals surface area contributed by atoms with Crippen LogP contribution in [0.5, 0.6) is 0 Å². The monoisotopic (exact) mass is 381 g/mol. The van der Waals surface area contributed by atoms with Crippen molar-refractivity contribution >= 4 is 30.3 Å². The standard InChI is InChI=1S/C9H21N3.C6H14N4O2.ClH/c1-9(2,3)10-8(11(4)5)12(6)7;7-4(5(11)12)2-1-3-10-6(8)9;/h1-7H3;4H,1-3,7H2,(H,11,12)(H4,8,9,10);1H/t;4-;/m.0./s1. The van der Waals surface area contributed by atoms with Gasteiger partial charge in [0.1, 0.15) is 6.04 Å². The average Bonchev–Trinajstić information content (AvgIpc) is 2.39. The van der Waals surface area contributed by atoms with Gasteiger partial charge in [0, 0.05) is 34.7 Å². The molecule has 0 saturated carbocycles. The molecular formula is C15H36ClN7O2. The first-order valence-corrected chi connectivity index (χ1v) is 7.76. The molecule has 0 aromatic carbocycles. The van der Waals surface area contributed by atoms with Gasteiger partial charge in [0.2, 0.25) is 0 Å². The molecule has 0 aliphatic heterocycles. The summed E-state index contributed by atoms with van der Waals surface area (Å²) in [6.45, 7) is 6.71. The molecule has 150 valence electrons. The number of hydrogen-bond acceptors (Lipinski definition) is 4.